The Hall–Kier alpha value is -0.790. The topological polar surface area (TPSA) is 15.6 Å². The van der Waals surface area contributed by atoms with Gasteiger partial charge in [-0.2, -0.15) is 0 Å². The van der Waals surface area contributed by atoms with Crippen LogP contribution < -0.4 is 0 Å². The highest BCUT2D eigenvalue weighted by atomic mass is 15.2. The molecule has 1 rings (SSSR count). The van der Waals surface area contributed by atoms with Crippen LogP contribution in [0.25, 0.3) is 0 Å². The fourth-order valence-corrected chi connectivity index (χ4v) is 1.52. The zero-order chi connectivity index (χ0) is 8.97. The summed E-state index contributed by atoms with van der Waals surface area (Å²) in [5, 5.41) is 0. The number of rotatable bonds is 2. The number of nitrogens with zero attached hydrogens (tertiary/aromatic N) is 2. The highest BCUT2D eigenvalue weighted by Crippen LogP contribution is 2.19. The molecule has 0 aromatic carbocycles. The number of aliphatic imine (C=N–C) groups is 1. The molecule has 2 heteroatoms. The first-order chi connectivity index (χ1) is 5.74. The van der Waals surface area contributed by atoms with E-state index in [1.807, 2.05) is 19.3 Å². The van der Waals surface area contributed by atoms with Crippen LogP contribution in [0.1, 0.15) is 27.2 Å². The molecule has 0 aliphatic carbocycles. The molecule has 1 atom stereocenters. The van der Waals surface area contributed by atoms with Gasteiger partial charge >= 0.3 is 0 Å². The Balaban J connectivity index is 2.47. The number of hydrogen-bond donors (Lipinski definition) is 0. The summed E-state index contributed by atoms with van der Waals surface area (Å²) in [6.07, 6.45) is 5.09. The fraction of sp³-hybridized carbons (Fsp3) is 0.700. The smallest absolute Gasteiger partial charge is 0.0452 e. The Morgan fingerprint density at radius 2 is 2.33 bits per heavy atom. The SMILES string of the molecule is CC=N/C=C(\C)N1CCC(C)C1. The predicted molar refractivity (Wildman–Crippen MR) is 53.3 cm³/mol. The van der Waals surface area contributed by atoms with E-state index >= 15 is 0 Å². The molecule has 1 heterocycles. The Labute approximate surface area is 75.0 Å². The molecule has 1 aliphatic rings. The van der Waals surface area contributed by atoms with E-state index < -0.39 is 0 Å². The monoisotopic (exact) mass is 166 g/mol. The van der Waals surface area contributed by atoms with Gasteiger partial charge in [-0.05, 0) is 26.2 Å². The maximum Gasteiger partial charge on any atom is 0.0452 e. The Kier molecular flexibility index (Phi) is 3.32. The van der Waals surface area contributed by atoms with Crippen LogP contribution in [0, 0.1) is 5.92 Å². The highest BCUT2D eigenvalue weighted by molar-refractivity contribution is 5.54. The minimum atomic E-state index is 0.846. The Morgan fingerprint density at radius 1 is 1.58 bits per heavy atom. The maximum atomic E-state index is 4.11. The summed E-state index contributed by atoms with van der Waals surface area (Å²) < 4.78 is 0. The molecule has 0 aromatic rings. The Bertz CT molecular complexity index is 194. The summed E-state index contributed by atoms with van der Waals surface area (Å²) in [5.41, 5.74) is 1.29. The molecule has 12 heavy (non-hydrogen) atoms. The van der Waals surface area contributed by atoms with Gasteiger partial charge in [-0.1, -0.05) is 6.92 Å². The van der Waals surface area contributed by atoms with Gasteiger partial charge in [0.1, 0.15) is 0 Å². The first kappa shape index (κ1) is 9.30. The third-order valence-corrected chi connectivity index (χ3v) is 2.33. The lowest BCUT2D eigenvalue weighted by molar-refractivity contribution is 0.410. The summed E-state index contributed by atoms with van der Waals surface area (Å²) in [6, 6.07) is 0. The van der Waals surface area contributed by atoms with E-state index in [0.717, 1.165) is 5.92 Å². The lowest BCUT2D eigenvalue weighted by Crippen LogP contribution is -2.17. The molecule has 1 fully saturated rings. The van der Waals surface area contributed by atoms with Crippen molar-refractivity contribution in [2.45, 2.75) is 27.2 Å². The van der Waals surface area contributed by atoms with Crippen molar-refractivity contribution < 1.29 is 0 Å². The third-order valence-electron chi connectivity index (χ3n) is 2.33. The van der Waals surface area contributed by atoms with Gasteiger partial charge in [0, 0.05) is 31.2 Å². The number of likely N-dealkylation sites (tertiary alicyclic amines) is 1. The molecule has 1 saturated heterocycles. The van der Waals surface area contributed by atoms with Crippen molar-refractivity contribution in [2.24, 2.45) is 10.9 Å². The van der Waals surface area contributed by atoms with Crippen LogP contribution in [-0.4, -0.2) is 24.2 Å². The van der Waals surface area contributed by atoms with E-state index in [9.17, 15) is 0 Å². The van der Waals surface area contributed by atoms with Gasteiger partial charge in [-0.3, -0.25) is 4.99 Å². The van der Waals surface area contributed by atoms with Gasteiger partial charge in [-0.25, -0.2) is 0 Å². The minimum absolute atomic E-state index is 0.846. The lowest BCUT2D eigenvalue weighted by Gasteiger charge is -2.17. The van der Waals surface area contributed by atoms with Crippen LogP contribution in [-0.2, 0) is 0 Å². The van der Waals surface area contributed by atoms with Gasteiger partial charge in [0.2, 0.25) is 0 Å². The second-order valence-corrected chi connectivity index (χ2v) is 3.52. The van der Waals surface area contributed by atoms with Crippen molar-refractivity contribution in [1.29, 1.82) is 0 Å². The highest BCUT2D eigenvalue weighted by Gasteiger charge is 2.17. The van der Waals surface area contributed by atoms with E-state index in [1.165, 1.54) is 25.2 Å². The normalized spacial score (nSPS) is 25.8. The quantitative estimate of drug-likeness (QED) is 0.575. The van der Waals surface area contributed by atoms with Crippen molar-refractivity contribution in [1.82, 2.24) is 4.90 Å². The van der Waals surface area contributed by atoms with Gasteiger partial charge in [0.15, 0.2) is 0 Å². The van der Waals surface area contributed by atoms with Crippen LogP contribution in [0.15, 0.2) is 16.9 Å². The molecule has 0 saturated carbocycles. The number of hydrogen-bond acceptors (Lipinski definition) is 2. The molecule has 1 aliphatic heterocycles. The van der Waals surface area contributed by atoms with E-state index in [-0.39, 0.29) is 0 Å². The standard InChI is InChI=1S/C10H18N2/c1-4-11-7-10(3)12-6-5-9(2)8-12/h4,7,9H,5-6,8H2,1-3H3/b10-7+,11-4?. The third kappa shape index (κ3) is 2.36. The van der Waals surface area contributed by atoms with E-state index in [0.29, 0.717) is 0 Å². The molecule has 1 unspecified atom stereocenters. The van der Waals surface area contributed by atoms with Crippen LogP contribution >= 0.6 is 0 Å². The molecule has 68 valence electrons. The average Bonchev–Trinajstić information content (AvgIpc) is 2.47. The van der Waals surface area contributed by atoms with E-state index in [4.69, 9.17) is 0 Å². The fourth-order valence-electron chi connectivity index (χ4n) is 1.52. The molecular formula is C10H18N2. The van der Waals surface area contributed by atoms with E-state index in [2.05, 4.69) is 23.7 Å². The lowest BCUT2D eigenvalue weighted by atomic mass is 10.2. The zero-order valence-electron chi connectivity index (χ0n) is 8.25. The maximum absolute atomic E-state index is 4.11. The molecule has 0 amide bonds. The van der Waals surface area contributed by atoms with Gasteiger partial charge < -0.3 is 4.90 Å². The molecule has 0 bridgehead atoms. The molecule has 0 radical (unpaired) electrons. The van der Waals surface area contributed by atoms with Crippen molar-refractivity contribution in [3.63, 3.8) is 0 Å². The van der Waals surface area contributed by atoms with Gasteiger partial charge in [-0.15, -0.1) is 0 Å². The molecule has 0 aromatic heterocycles. The minimum Gasteiger partial charge on any atom is -0.374 e. The summed E-state index contributed by atoms with van der Waals surface area (Å²) >= 11 is 0. The predicted octanol–water partition coefficient (Wildman–Crippen LogP) is 2.28. The first-order valence-electron chi connectivity index (χ1n) is 4.63. The van der Waals surface area contributed by atoms with Crippen LogP contribution in [0.2, 0.25) is 0 Å². The summed E-state index contributed by atoms with van der Waals surface area (Å²) in [5.74, 6) is 0.846. The molecule has 0 spiro atoms. The molecular weight excluding hydrogens is 148 g/mol. The number of allylic oxidation sites excluding steroid dienone is 1. The van der Waals surface area contributed by atoms with Crippen molar-refractivity contribution in [3.8, 4) is 0 Å². The second-order valence-electron chi connectivity index (χ2n) is 3.52. The molecule has 0 N–H and O–H groups in total. The summed E-state index contributed by atoms with van der Waals surface area (Å²) in [7, 11) is 0. The summed E-state index contributed by atoms with van der Waals surface area (Å²) in [6.45, 7) is 8.77. The first-order valence-corrected chi connectivity index (χ1v) is 4.63. The van der Waals surface area contributed by atoms with Crippen LogP contribution in [0.4, 0.5) is 0 Å². The van der Waals surface area contributed by atoms with Crippen molar-refractivity contribution in [2.75, 3.05) is 13.1 Å². The van der Waals surface area contributed by atoms with Crippen LogP contribution in [0.5, 0.6) is 0 Å². The van der Waals surface area contributed by atoms with Crippen LogP contribution in [0.3, 0.4) is 0 Å². The van der Waals surface area contributed by atoms with Crippen molar-refractivity contribution >= 4 is 6.21 Å². The summed E-state index contributed by atoms with van der Waals surface area (Å²) in [4.78, 5) is 6.51. The Morgan fingerprint density at radius 3 is 2.83 bits per heavy atom. The average molecular weight is 166 g/mol. The molecule has 2 nitrogen and oxygen atoms in total. The van der Waals surface area contributed by atoms with Crippen molar-refractivity contribution in [3.05, 3.63) is 11.9 Å². The zero-order valence-corrected chi connectivity index (χ0v) is 8.25. The largest absolute Gasteiger partial charge is 0.374 e. The van der Waals surface area contributed by atoms with Gasteiger partial charge in [0.05, 0.1) is 0 Å². The van der Waals surface area contributed by atoms with E-state index in [1.54, 1.807) is 0 Å². The second kappa shape index (κ2) is 4.29. The van der Waals surface area contributed by atoms with Gasteiger partial charge in [0.25, 0.3) is 0 Å².